The van der Waals surface area contributed by atoms with Crippen molar-refractivity contribution in [1.82, 2.24) is 5.32 Å². The highest BCUT2D eigenvalue weighted by atomic mass is 16.1. The quantitative estimate of drug-likeness (QED) is 0.504. The highest BCUT2D eigenvalue weighted by molar-refractivity contribution is 5.86. The van der Waals surface area contributed by atoms with Gasteiger partial charge >= 0.3 is 0 Å². The molecular weight excluding hydrogens is 188 g/mol. The van der Waals surface area contributed by atoms with E-state index in [2.05, 4.69) is 39.6 Å². The third kappa shape index (κ3) is 4.04. The Morgan fingerprint density at radius 2 is 1.93 bits per heavy atom. The van der Waals surface area contributed by atoms with Crippen molar-refractivity contribution in [2.24, 2.45) is 0 Å². The second kappa shape index (κ2) is 6.62. The van der Waals surface area contributed by atoms with E-state index in [9.17, 15) is 4.79 Å². The van der Waals surface area contributed by atoms with Crippen molar-refractivity contribution in [2.45, 2.75) is 33.7 Å². The van der Waals surface area contributed by atoms with Crippen molar-refractivity contribution < 1.29 is 9.28 Å². The smallest absolute Gasteiger partial charge is 0.243 e. The van der Waals surface area contributed by atoms with Crippen LogP contribution in [0.5, 0.6) is 0 Å². The number of rotatable bonds is 7. The van der Waals surface area contributed by atoms with E-state index in [1.165, 1.54) is 6.08 Å². The van der Waals surface area contributed by atoms with Gasteiger partial charge < -0.3 is 9.80 Å². The minimum atomic E-state index is -0.0796. The molecule has 0 aliphatic heterocycles. The number of quaternary nitrogens is 1. The molecule has 0 aromatic heterocycles. The van der Waals surface area contributed by atoms with Gasteiger partial charge in [0, 0.05) is 0 Å². The minimum Gasteiger partial charge on any atom is -0.347 e. The molecule has 0 unspecified atom stereocenters. The Kier molecular flexibility index (Phi) is 6.25. The molecule has 0 saturated carbocycles. The Labute approximate surface area is 93.7 Å². The lowest BCUT2D eigenvalue weighted by Crippen LogP contribution is -2.55. The molecule has 0 aromatic carbocycles. The van der Waals surface area contributed by atoms with Crippen molar-refractivity contribution in [3.8, 4) is 0 Å². The summed E-state index contributed by atoms with van der Waals surface area (Å²) in [5.41, 5.74) is 0. The van der Waals surface area contributed by atoms with Gasteiger partial charge in [0.1, 0.15) is 0 Å². The predicted molar refractivity (Wildman–Crippen MR) is 64.6 cm³/mol. The maximum atomic E-state index is 11.0. The van der Waals surface area contributed by atoms with Gasteiger partial charge in [-0.25, -0.2) is 0 Å². The van der Waals surface area contributed by atoms with Gasteiger partial charge in [0.2, 0.25) is 5.91 Å². The number of carbonyl (C=O) groups excluding carboxylic acids is 1. The Morgan fingerprint density at radius 3 is 2.27 bits per heavy atom. The van der Waals surface area contributed by atoms with Crippen LogP contribution < -0.4 is 5.32 Å². The van der Waals surface area contributed by atoms with Gasteiger partial charge in [-0.15, -0.1) is 0 Å². The average molecular weight is 213 g/mol. The lowest BCUT2D eigenvalue weighted by Gasteiger charge is -2.40. The number of likely N-dealkylation sites (N-methyl/N-ethyl adjacent to an activating group) is 1. The van der Waals surface area contributed by atoms with Crippen molar-refractivity contribution in [3.63, 3.8) is 0 Å². The highest BCUT2D eigenvalue weighted by Crippen LogP contribution is 2.11. The molecule has 3 heteroatoms. The zero-order valence-corrected chi connectivity index (χ0v) is 10.5. The molecule has 0 spiro atoms. The van der Waals surface area contributed by atoms with Crippen molar-refractivity contribution in [2.75, 3.05) is 26.2 Å². The summed E-state index contributed by atoms with van der Waals surface area (Å²) in [6.45, 7) is 16.3. The standard InChI is InChI=1S/C12H24N2O/c1-6-12(15)13-9-10-14(7-2,8-3)11(4)5/h6,11H,1,7-10H2,2-5H3/p+1. The van der Waals surface area contributed by atoms with Crippen molar-refractivity contribution in [3.05, 3.63) is 12.7 Å². The van der Waals surface area contributed by atoms with Gasteiger partial charge in [0.05, 0.1) is 32.2 Å². The molecule has 0 aliphatic rings. The van der Waals surface area contributed by atoms with Crippen LogP contribution in [0, 0.1) is 0 Å². The summed E-state index contributed by atoms with van der Waals surface area (Å²) >= 11 is 0. The zero-order chi connectivity index (χ0) is 11.9. The van der Waals surface area contributed by atoms with E-state index < -0.39 is 0 Å². The first-order valence-corrected chi connectivity index (χ1v) is 5.78. The Hall–Kier alpha value is -0.830. The zero-order valence-electron chi connectivity index (χ0n) is 10.5. The topological polar surface area (TPSA) is 29.1 Å². The number of carbonyl (C=O) groups is 1. The Morgan fingerprint density at radius 1 is 1.40 bits per heavy atom. The lowest BCUT2D eigenvalue weighted by molar-refractivity contribution is -0.943. The van der Waals surface area contributed by atoms with E-state index in [0.717, 1.165) is 30.7 Å². The van der Waals surface area contributed by atoms with E-state index in [4.69, 9.17) is 0 Å². The summed E-state index contributed by atoms with van der Waals surface area (Å²) in [4.78, 5) is 11.0. The van der Waals surface area contributed by atoms with Crippen LogP contribution in [0.1, 0.15) is 27.7 Å². The largest absolute Gasteiger partial charge is 0.347 e. The van der Waals surface area contributed by atoms with Crippen LogP contribution in [0.25, 0.3) is 0 Å². The van der Waals surface area contributed by atoms with Crippen molar-refractivity contribution >= 4 is 5.91 Å². The molecule has 0 aliphatic carbocycles. The van der Waals surface area contributed by atoms with Crippen molar-refractivity contribution in [1.29, 1.82) is 0 Å². The summed E-state index contributed by atoms with van der Waals surface area (Å²) < 4.78 is 1.05. The molecule has 1 N–H and O–H groups in total. The highest BCUT2D eigenvalue weighted by Gasteiger charge is 2.26. The number of nitrogens with one attached hydrogen (secondary N) is 1. The maximum absolute atomic E-state index is 11.0. The minimum absolute atomic E-state index is 0.0796. The summed E-state index contributed by atoms with van der Waals surface area (Å²) in [5, 5.41) is 2.84. The summed E-state index contributed by atoms with van der Waals surface area (Å²) in [6, 6.07) is 0.598. The maximum Gasteiger partial charge on any atom is 0.243 e. The molecule has 1 amide bonds. The molecule has 0 aromatic rings. The lowest BCUT2D eigenvalue weighted by atomic mass is 10.2. The first-order chi connectivity index (χ1) is 7.02. The Balaban J connectivity index is 4.18. The molecule has 0 fully saturated rings. The average Bonchev–Trinajstić information content (AvgIpc) is 2.24. The first kappa shape index (κ1) is 14.2. The normalized spacial score (nSPS) is 11.5. The van der Waals surface area contributed by atoms with Crippen LogP contribution in [0.4, 0.5) is 0 Å². The monoisotopic (exact) mass is 213 g/mol. The summed E-state index contributed by atoms with van der Waals surface area (Å²) in [6.07, 6.45) is 1.32. The summed E-state index contributed by atoms with van der Waals surface area (Å²) in [5.74, 6) is -0.0796. The number of nitrogens with zero attached hydrogens (tertiary/aromatic N) is 1. The fraction of sp³-hybridized carbons (Fsp3) is 0.750. The van der Waals surface area contributed by atoms with E-state index in [1.54, 1.807) is 0 Å². The van der Waals surface area contributed by atoms with E-state index in [0.29, 0.717) is 6.04 Å². The van der Waals surface area contributed by atoms with Crippen LogP contribution in [-0.4, -0.2) is 42.6 Å². The number of amides is 1. The molecule has 0 heterocycles. The molecule has 0 bridgehead atoms. The van der Waals surface area contributed by atoms with Crippen LogP contribution >= 0.6 is 0 Å². The van der Waals surface area contributed by atoms with Crippen LogP contribution in [-0.2, 0) is 4.79 Å². The van der Waals surface area contributed by atoms with Gasteiger partial charge in [-0.05, 0) is 33.8 Å². The molecule has 0 radical (unpaired) electrons. The second-order valence-electron chi connectivity index (χ2n) is 4.16. The molecule has 88 valence electrons. The predicted octanol–water partition coefficient (Wildman–Crippen LogP) is 1.55. The van der Waals surface area contributed by atoms with Crippen LogP contribution in [0.15, 0.2) is 12.7 Å². The first-order valence-electron chi connectivity index (χ1n) is 5.78. The van der Waals surface area contributed by atoms with Gasteiger partial charge in [-0.2, -0.15) is 0 Å². The Bertz CT molecular complexity index is 208. The molecule has 3 nitrogen and oxygen atoms in total. The van der Waals surface area contributed by atoms with Crippen LogP contribution in [0.2, 0.25) is 0 Å². The third-order valence-electron chi connectivity index (χ3n) is 3.40. The molecule has 0 saturated heterocycles. The van der Waals surface area contributed by atoms with Gasteiger partial charge in [0.25, 0.3) is 0 Å². The van der Waals surface area contributed by atoms with E-state index in [-0.39, 0.29) is 5.91 Å². The SMILES string of the molecule is C=CC(=O)NCC[N+](CC)(CC)C(C)C. The van der Waals surface area contributed by atoms with E-state index >= 15 is 0 Å². The van der Waals surface area contributed by atoms with Gasteiger partial charge in [-0.1, -0.05) is 6.58 Å². The second-order valence-corrected chi connectivity index (χ2v) is 4.16. The number of hydrogen-bond acceptors (Lipinski definition) is 1. The molecule has 15 heavy (non-hydrogen) atoms. The fourth-order valence-corrected chi connectivity index (χ4v) is 2.00. The van der Waals surface area contributed by atoms with Crippen LogP contribution in [0.3, 0.4) is 0 Å². The van der Waals surface area contributed by atoms with E-state index in [1.807, 2.05) is 0 Å². The number of hydrogen-bond donors (Lipinski definition) is 1. The summed E-state index contributed by atoms with van der Waals surface area (Å²) in [7, 11) is 0. The molecule has 0 rings (SSSR count). The molecular formula is C12H25N2O+. The van der Waals surface area contributed by atoms with Gasteiger partial charge in [0.15, 0.2) is 0 Å². The third-order valence-corrected chi connectivity index (χ3v) is 3.40. The molecule has 0 atom stereocenters. The van der Waals surface area contributed by atoms with Gasteiger partial charge in [-0.3, -0.25) is 4.79 Å². The fourth-order valence-electron chi connectivity index (χ4n) is 2.00.